The number of aromatic carboxylic acids is 1. The molecule has 0 fully saturated rings. The average molecular weight is 280 g/mol. The largest absolute Gasteiger partial charge is 0.476 e. The highest BCUT2D eigenvalue weighted by molar-refractivity contribution is 7.08. The molecule has 0 aliphatic rings. The van der Waals surface area contributed by atoms with Crippen molar-refractivity contribution in [2.24, 2.45) is 0 Å². The molecule has 2 aromatic rings. The summed E-state index contributed by atoms with van der Waals surface area (Å²) < 4.78 is 1.19. The van der Waals surface area contributed by atoms with Crippen molar-refractivity contribution >= 4 is 23.2 Å². The lowest BCUT2D eigenvalue weighted by Gasteiger charge is -2.04. The summed E-state index contributed by atoms with van der Waals surface area (Å²) in [6, 6.07) is 0. The van der Waals surface area contributed by atoms with Crippen molar-refractivity contribution in [2.45, 2.75) is 20.0 Å². The number of aromatic nitrogens is 3. The van der Waals surface area contributed by atoms with Gasteiger partial charge in [0.15, 0.2) is 5.69 Å². The van der Waals surface area contributed by atoms with Gasteiger partial charge in [0.1, 0.15) is 6.54 Å². The number of rotatable bonds is 5. The van der Waals surface area contributed by atoms with E-state index in [1.807, 2.05) is 17.7 Å². The van der Waals surface area contributed by atoms with E-state index in [1.54, 1.807) is 11.3 Å². The summed E-state index contributed by atoms with van der Waals surface area (Å²) in [7, 11) is 0. The zero-order valence-corrected chi connectivity index (χ0v) is 11.0. The molecular weight excluding hydrogens is 268 g/mol. The van der Waals surface area contributed by atoms with Crippen molar-refractivity contribution in [3.8, 4) is 0 Å². The van der Waals surface area contributed by atoms with Crippen LogP contribution < -0.4 is 5.32 Å². The van der Waals surface area contributed by atoms with Crippen LogP contribution in [0.4, 0.5) is 0 Å². The van der Waals surface area contributed by atoms with E-state index >= 15 is 0 Å². The molecule has 0 atom stereocenters. The second-order valence-corrected chi connectivity index (χ2v) is 4.71. The average Bonchev–Trinajstić information content (AvgIpc) is 2.96. The summed E-state index contributed by atoms with van der Waals surface area (Å²) in [6.07, 6.45) is 1.22. The maximum Gasteiger partial charge on any atom is 0.358 e. The van der Waals surface area contributed by atoms with Crippen molar-refractivity contribution in [3.05, 3.63) is 33.8 Å². The van der Waals surface area contributed by atoms with Gasteiger partial charge in [-0.05, 0) is 28.8 Å². The molecule has 19 heavy (non-hydrogen) atoms. The minimum absolute atomic E-state index is 0.0521. The number of carbonyl (C=O) groups excluding carboxylic acids is 1. The highest BCUT2D eigenvalue weighted by atomic mass is 32.1. The second kappa shape index (κ2) is 5.61. The smallest absolute Gasteiger partial charge is 0.358 e. The lowest BCUT2D eigenvalue weighted by atomic mass is 10.2. The fourth-order valence-electron chi connectivity index (χ4n) is 1.44. The molecule has 0 aromatic carbocycles. The Bertz CT molecular complexity index is 605. The fraction of sp³-hybridized carbons (Fsp3) is 0.273. The number of amides is 1. The lowest BCUT2D eigenvalue weighted by molar-refractivity contribution is -0.122. The summed E-state index contributed by atoms with van der Waals surface area (Å²) >= 11 is 1.58. The molecule has 0 saturated carbocycles. The van der Waals surface area contributed by atoms with E-state index in [9.17, 15) is 9.59 Å². The molecule has 2 aromatic heterocycles. The van der Waals surface area contributed by atoms with E-state index in [0.717, 1.165) is 11.1 Å². The predicted octanol–water partition coefficient (Wildman–Crippen LogP) is 0.663. The van der Waals surface area contributed by atoms with Gasteiger partial charge >= 0.3 is 5.97 Å². The van der Waals surface area contributed by atoms with Crippen molar-refractivity contribution in [3.63, 3.8) is 0 Å². The third-order valence-corrected chi connectivity index (χ3v) is 3.41. The summed E-state index contributed by atoms with van der Waals surface area (Å²) in [5.74, 6) is -1.41. The van der Waals surface area contributed by atoms with Crippen LogP contribution in [0.15, 0.2) is 17.0 Å². The fourth-order valence-corrected chi connectivity index (χ4v) is 2.30. The summed E-state index contributed by atoms with van der Waals surface area (Å²) in [5, 5.41) is 22.4. The molecule has 2 rings (SSSR count). The van der Waals surface area contributed by atoms with E-state index < -0.39 is 5.97 Å². The number of hydrogen-bond donors (Lipinski definition) is 2. The molecule has 0 spiro atoms. The van der Waals surface area contributed by atoms with Crippen molar-refractivity contribution in [1.29, 1.82) is 0 Å². The Balaban J connectivity index is 1.87. The molecular formula is C11H12N4O3S. The van der Waals surface area contributed by atoms with Gasteiger partial charge in [-0.15, -0.1) is 5.10 Å². The van der Waals surface area contributed by atoms with Gasteiger partial charge in [-0.2, -0.15) is 11.3 Å². The molecule has 1 amide bonds. The maximum atomic E-state index is 11.7. The molecule has 2 heterocycles. The number of nitrogens with one attached hydrogen (secondary N) is 1. The maximum absolute atomic E-state index is 11.7. The Labute approximate surface area is 112 Å². The molecule has 0 aliphatic heterocycles. The third-order valence-electron chi connectivity index (χ3n) is 2.50. The minimum atomic E-state index is -1.17. The predicted molar refractivity (Wildman–Crippen MR) is 67.9 cm³/mol. The summed E-state index contributed by atoms with van der Waals surface area (Å²) in [6.45, 7) is 2.38. The first kappa shape index (κ1) is 13.2. The Morgan fingerprint density at radius 3 is 2.84 bits per heavy atom. The van der Waals surface area contributed by atoms with Crippen molar-refractivity contribution < 1.29 is 14.7 Å². The normalized spacial score (nSPS) is 10.4. The zero-order valence-electron chi connectivity index (χ0n) is 10.2. The quantitative estimate of drug-likeness (QED) is 0.838. The molecule has 0 unspecified atom stereocenters. The van der Waals surface area contributed by atoms with Gasteiger partial charge in [-0.25, -0.2) is 9.48 Å². The number of hydrogen-bond acceptors (Lipinski definition) is 5. The zero-order chi connectivity index (χ0) is 13.8. The number of carboxylic acids is 1. The van der Waals surface area contributed by atoms with Crippen LogP contribution in [0.5, 0.6) is 0 Å². The van der Waals surface area contributed by atoms with Crippen LogP contribution in [0.2, 0.25) is 0 Å². The van der Waals surface area contributed by atoms with Crippen LogP contribution in [-0.2, 0) is 17.9 Å². The molecule has 0 aliphatic carbocycles. The van der Waals surface area contributed by atoms with Gasteiger partial charge < -0.3 is 10.4 Å². The standard InChI is InChI=1S/C11H12N4O3S/c1-7-5-19-6-8(7)2-12-10(16)4-15-3-9(11(17)18)13-14-15/h3,5-6H,2,4H2,1H3,(H,12,16)(H,17,18). The molecule has 0 bridgehead atoms. The highest BCUT2D eigenvalue weighted by Crippen LogP contribution is 2.12. The van der Waals surface area contributed by atoms with Gasteiger partial charge in [0.25, 0.3) is 0 Å². The first-order valence-electron chi connectivity index (χ1n) is 5.48. The number of aryl methyl sites for hydroxylation is 1. The Hall–Kier alpha value is -2.22. The van der Waals surface area contributed by atoms with Crippen LogP contribution in [0, 0.1) is 6.92 Å². The first-order valence-corrected chi connectivity index (χ1v) is 6.42. The molecule has 7 nitrogen and oxygen atoms in total. The molecule has 0 radical (unpaired) electrons. The van der Waals surface area contributed by atoms with E-state index in [0.29, 0.717) is 6.54 Å². The third kappa shape index (κ3) is 3.38. The Morgan fingerprint density at radius 2 is 2.26 bits per heavy atom. The topological polar surface area (TPSA) is 97.1 Å². The number of nitrogens with zero attached hydrogens (tertiary/aromatic N) is 3. The van der Waals surface area contributed by atoms with Crippen LogP contribution >= 0.6 is 11.3 Å². The monoisotopic (exact) mass is 280 g/mol. The second-order valence-electron chi connectivity index (χ2n) is 3.96. The number of thiophene rings is 1. The Morgan fingerprint density at radius 1 is 1.47 bits per heavy atom. The van der Waals surface area contributed by atoms with Crippen molar-refractivity contribution in [1.82, 2.24) is 20.3 Å². The van der Waals surface area contributed by atoms with Crippen LogP contribution in [-0.4, -0.2) is 32.0 Å². The van der Waals surface area contributed by atoms with Crippen molar-refractivity contribution in [2.75, 3.05) is 0 Å². The van der Waals surface area contributed by atoms with Crippen LogP contribution in [0.25, 0.3) is 0 Å². The molecule has 100 valence electrons. The van der Waals surface area contributed by atoms with Gasteiger partial charge in [-0.3, -0.25) is 4.79 Å². The lowest BCUT2D eigenvalue weighted by Crippen LogP contribution is -2.27. The van der Waals surface area contributed by atoms with E-state index in [1.165, 1.54) is 10.9 Å². The molecule has 8 heteroatoms. The van der Waals surface area contributed by atoms with Gasteiger partial charge in [0, 0.05) is 6.54 Å². The highest BCUT2D eigenvalue weighted by Gasteiger charge is 2.10. The number of carboxylic acid groups (broad SMARTS) is 1. The number of carbonyl (C=O) groups is 2. The van der Waals surface area contributed by atoms with E-state index in [4.69, 9.17) is 5.11 Å². The molecule has 2 N–H and O–H groups in total. The van der Waals surface area contributed by atoms with Gasteiger partial charge in [-0.1, -0.05) is 5.21 Å². The SMILES string of the molecule is Cc1cscc1CNC(=O)Cn1cc(C(=O)O)nn1. The molecule has 0 saturated heterocycles. The van der Waals surface area contributed by atoms with Crippen LogP contribution in [0.1, 0.15) is 21.6 Å². The minimum Gasteiger partial charge on any atom is -0.476 e. The Kier molecular flexibility index (Phi) is 3.91. The van der Waals surface area contributed by atoms with Gasteiger partial charge in [0.2, 0.25) is 5.91 Å². The summed E-state index contributed by atoms with van der Waals surface area (Å²) in [4.78, 5) is 22.3. The van der Waals surface area contributed by atoms with Gasteiger partial charge in [0.05, 0.1) is 6.20 Å². The first-order chi connectivity index (χ1) is 9.06. The summed E-state index contributed by atoms with van der Waals surface area (Å²) in [5.41, 5.74) is 2.03. The van der Waals surface area contributed by atoms with E-state index in [-0.39, 0.29) is 18.1 Å². The van der Waals surface area contributed by atoms with Crippen LogP contribution in [0.3, 0.4) is 0 Å². The van der Waals surface area contributed by atoms with E-state index in [2.05, 4.69) is 15.6 Å².